The van der Waals surface area contributed by atoms with Gasteiger partial charge in [0.05, 0.1) is 27.9 Å². The van der Waals surface area contributed by atoms with Crippen LogP contribution in [-0.4, -0.2) is 14.8 Å². The molecule has 0 fully saturated rings. The first-order valence-electron chi connectivity index (χ1n) is 7.82. The Balaban J connectivity index is 2.35. The lowest BCUT2D eigenvalue weighted by Gasteiger charge is -2.16. The Kier molecular flexibility index (Phi) is 4.68. The topological polar surface area (TPSA) is 58.7 Å². The normalized spacial score (nSPS) is 12.0. The number of fused-ring (bicyclic) bond motifs is 1. The van der Waals surface area contributed by atoms with Crippen molar-refractivity contribution in [1.82, 2.24) is 9.55 Å². The third-order valence-corrected chi connectivity index (χ3v) is 4.77. The molecule has 1 atom stereocenters. The van der Waals surface area contributed by atoms with Gasteiger partial charge in [-0.1, -0.05) is 49.0 Å². The van der Waals surface area contributed by atoms with Crippen molar-refractivity contribution in [2.45, 2.75) is 30.7 Å². The molecule has 0 unspecified atom stereocenters. The number of benzene rings is 2. The number of para-hydroxylation sites is 2. The van der Waals surface area contributed by atoms with E-state index in [4.69, 9.17) is 5.26 Å². The minimum absolute atomic E-state index is 0.103. The minimum Gasteiger partial charge on any atom is -0.268 e. The molecule has 0 radical (unpaired) electrons. The van der Waals surface area contributed by atoms with E-state index in [1.807, 2.05) is 49.4 Å². The molecule has 24 heavy (non-hydrogen) atoms. The number of thioether (sulfide) groups is 1. The molecular weight excluding hydrogens is 318 g/mol. The number of aromatic nitrogens is 2. The molecule has 0 spiro atoms. The molecule has 4 nitrogen and oxygen atoms in total. The zero-order valence-corrected chi connectivity index (χ0v) is 14.4. The second kappa shape index (κ2) is 6.90. The molecule has 3 rings (SSSR count). The predicted octanol–water partition coefficient (Wildman–Crippen LogP) is 3.95. The van der Waals surface area contributed by atoms with Gasteiger partial charge in [0.15, 0.2) is 5.16 Å². The highest BCUT2D eigenvalue weighted by Crippen LogP contribution is 2.26. The molecule has 0 N–H and O–H groups in total. The molecule has 120 valence electrons. The second-order valence-corrected chi connectivity index (χ2v) is 6.73. The van der Waals surface area contributed by atoms with Gasteiger partial charge >= 0.3 is 0 Å². The number of aryl methyl sites for hydroxylation is 1. The molecule has 1 heterocycles. The monoisotopic (exact) mass is 335 g/mol. The maximum absolute atomic E-state index is 13.1. The van der Waals surface area contributed by atoms with Crippen LogP contribution in [0.4, 0.5) is 0 Å². The van der Waals surface area contributed by atoms with Crippen molar-refractivity contribution in [2.24, 2.45) is 0 Å². The minimum atomic E-state index is -0.293. The van der Waals surface area contributed by atoms with Crippen molar-refractivity contribution in [3.63, 3.8) is 0 Å². The summed E-state index contributed by atoms with van der Waals surface area (Å²) in [6, 6.07) is 17.3. The van der Waals surface area contributed by atoms with Crippen LogP contribution in [0, 0.1) is 11.3 Å². The summed E-state index contributed by atoms with van der Waals surface area (Å²) in [7, 11) is 0. The number of nitrogens with zero attached hydrogens (tertiary/aromatic N) is 3. The zero-order valence-electron chi connectivity index (χ0n) is 13.6. The highest BCUT2D eigenvalue weighted by molar-refractivity contribution is 8.00. The van der Waals surface area contributed by atoms with Gasteiger partial charge in [0.25, 0.3) is 5.56 Å². The lowest BCUT2D eigenvalue weighted by Crippen LogP contribution is -2.23. The van der Waals surface area contributed by atoms with E-state index in [0.717, 1.165) is 17.7 Å². The number of hydrogen-bond donors (Lipinski definition) is 0. The van der Waals surface area contributed by atoms with Crippen LogP contribution in [0.25, 0.3) is 16.6 Å². The maximum Gasteiger partial charge on any atom is 0.266 e. The van der Waals surface area contributed by atoms with Gasteiger partial charge < -0.3 is 0 Å². The van der Waals surface area contributed by atoms with Gasteiger partial charge in [0.2, 0.25) is 0 Å². The molecular formula is C19H17N3OS. The van der Waals surface area contributed by atoms with Crippen molar-refractivity contribution in [1.29, 1.82) is 5.26 Å². The summed E-state index contributed by atoms with van der Waals surface area (Å²) in [5.41, 5.74) is 2.45. The first-order chi connectivity index (χ1) is 11.7. The van der Waals surface area contributed by atoms with Crippen LogP contribution in [0.1, 0.15) is 19.4 Å². The average molecular weight is 335 g/mol. The fraction of sp³-hybridized carbons (Fsp3) is 0.211. The van der Waals surface area contributed by atoms with Crippen molar-refractivity contribution in [3.8, 4) is 11.8 Å². The molecule has 0 aliphatic rings. The van der Waals surface area contributed by atoms with Gasteiger partial charge in [0.1, 0.15) is 0 Å². The highest BCUT2D eigenvalue weighted by Gasteiger charge is 2.17. The van der Waals surface area contributed by atoms with Gasteiger partial charge in [-0.2, -0.15) is 5.26 Å². The smallest absolute Gasteiger partial charge is 0.266 e. The molecule has 0 bridgehead atoms. The number of hydrogen-bond acceptors (Lipinski definition) is 4. The van der Waals surface area contributed by atoms with Crippen LogP contribution in [0.3, 0.4) is 0 Å². The molecule has 0 aliphatic heterocycles. The quantitative estimate of drug-likeness (QED) is 0.535. The molecule has 1 aromatic heterocycles. The summed E-state index contributed by atoms with van der Waals surface area (Å²) >= 11 is 1.30. The Morgan fingerprint density at radius 1 is 1.21 bits per heavy atom. The average Bonchev–Trinajstić information content (AvgIpc) is 2.62. The maximum atomic E-state index is 13.1. The largest absolute Gasteiger partial charge is 0.268 e. The first-order valence-corrected chi connectivity index (χ1v) is 8.70. The third kappa shape index (κ3) is 2.93. The first kappa shape index (κ1) is 16.3. The predicted molar refractivity (Wildman–Crippen MR) is 97.7 cm³/mol. The fourth-order valence-electron chi connectivity index (χ4n) is 2.62. The van der Waals surface area contributed by atoms with Crippen LogP contribution >= 0.6 is 11.8 Å². The Morgan fingerprint density at radius 3 is 2.67 bits per heavy atom. The standard InChI is InChI=1S/C19H17N3OS/c1-3-14-8-4-7-11-17(14)22-18(23)15-9-5-6-10-16(15)21-19(22)24-13(2)12-20/h4-11,13H,3H2,1-2H3/t13-/m1/s1. The van der Waals surface area contributed by atoms with Crippen molar-refractivity contribution in [2.75, 3.05) is 0 Å². The fourth-order valence-corrected chi connectivity index (χ4v) is 3.42. The van der Waals surface area contributed by atoms with Gasteiger partial charge in [-0.3, -0.25) is 9.36 Å². The van der Waals surface area contributed by atoms with Gasteiger partial charge in [-0.15, -0.1) is 0 Å². The highest BCUT2D eigenvalue weighted by atomic mass is 32.2. The lowest BCUT2D eigenvalue weighted by atomic mass is 10.1. The van der Waals surface area contributed by atoms with E-state index in [2.05, 4.69) is 18.0 Å². The Morgan fingerprint density at radius 2 is 1.92 bits per heavy atom. The van der Waals surface area contributed by atoms with Crippen LogP contribution in [0.2, 0.25) is 0 Å². The number of rotatable bonds is 4. The molecule has 0 saturated carbocycles. The van der Waals surface area contributed by atoms with Crippen LogP contribution < -0.4 is 5.56 Å². The van der Waals surface area contributed by atoms with E-state index < -0.39 is 0 Å². The van der Waals surface area contributed by atoms with Crippen molar-refractivity contribution >= 4 is 22.7 Å². The Bertz CT molecular complexity index is 988. The number of nitriles is 1. The molecule has 0 aliphatic carbocycles. The third-order valence-electron chi connectivity index (χ3n) is 3.82. The van der Waals surface area contributed by atoms with E-state index in [1.54, 1.807) is 10.6 Å². The van der Waals surface area contributed by atoms with E-state index in [0.29, 0.717) is 16.1 Å². The van der Waals surface area contributed by atoms with Crippen molar-refractivity contribution in [3.05, 3.63) is 64.4 Å². The van der Waals surface area contributed by atoms with Gasteiger partial charge in [-0.25, -0.2) is 4.98 Å². The van der Waals surface area contributed by atoms with E-state index in [1.165, 1.54) is 11.8 Å². The Hall–Kier alpha value is -2.58. The van der Waals surface area contributed by atoms with Gasteiger partial charge in [0, 0.05) is 0 Å². The molecule has 2 aromatic carbocycles. The summed E-state index contributed by atoms with van der Waals surface area (Å²) in [6.45, 7) is 3.87. The summed E-state index contributed by atoms with van der Waals surface area (Å²) in [6.07, 6.45) is 0.813. The summed E-state index contributed by atoms with van der Waals surface area (Å²) in [5, 5.41) is 9.99. The van der Waals surface area contributed by atoms with Crippen molar-refractivity contribution < 1.29 is 0 Å². The Labute approximate surface area is 144 Å². The molecule has 0 amide bonds. The molecule has 0 saturated heterocycles. The summed E-state index contributed by atoms with van der Waals surface area (Å²) in [4.78, 5) is 17.8. The molecule has 5 heteroatoms. The summed E-state index contributed by atoms with van der Waals surface area (Å²) in [5.74, 6) is 0. The van der Waals surface area contributed by atoms with E-state index in [9.17, 15) is 4.79 Å². The van der Waals surface area contributed by atoms with Crippen LogP contribution in [0.15, 0.2) is 58.5 Å². The SMILES string of the molecule is CCc1ccccc1-n1c(S[C@H](C)C#N)nc2ccccc2c1=O. The zero-order chi connectivity index (χ0) is 17.1. The van der Waals surface area contributed by atoms with Gasteiger partial charge in [-0.05, 0) is 37.1 Å². The van der Waals surface area contributed by atoms with E-state index in [-0.39, 0.29) is 10.8 Å². The van der Waals surface area contributed by atoms with Crippen LogP contribution in [-0.2, 0) is 6.42 Å². The summed E-state index contributed by atoms with van der Waals surface area (Å²) < 4.78 is 1.64. The van der Waals surface area contributed by atoms with E-state index >= 15 is 0 Å². The second-order valence-electron chi connectivity index (χ2n) is 5.42. The molecule has 3 aromatic rings. The lowest BCUT2D eigenvalue weighted by molar-refractivity contribution is 0.807. The van der Waals surface area contributed by atoms with Crippen LogP contribution in [0.5, 0.6) is 0 Å².